The first-order valence-electron chi connectivity index (χ1n) is 19.9. The Morgan fingerprint density at radius 2 is 1.25 bits per heavy atom. The van der Waals surface area contributed by atoms with Crippen LogP contribution in [0.25, 0.3) is 72.7 Å². The second kappa shape index (κ2) is 14.3. The van der Waals surface area contributed by atoms with E-state index in [2.05, 4.69) is 216 Å². The Hall–Kier alpha value is -6.46. The summed E-state index contributed by atoms with van der Waals surface area (Å²) < 4.78 is 0. The lowest BCUT2D eigenvalue weighted by molar-refractivity contribution is 0.660. The topological polar surface area (TPSA) is 0 Å². The van der Waals surface area contributed by atoms with Gasteiger partial charge in [0.25, 0.3) is 0 Å². The minimum absolute atomic E-state index is 0.0874. The van der Waals surface area contributed by atoms with Crippen molar-refractivity contribution in [3.05, 3.63) is 213 Å². The molecule has 2 aliphatic rings. The molecule has 7 aromatic carbocycles. The van der Waals surface area contributed by atoms with Gasteiger partial charge in [0, 0.05) is 5.41 Å². The Bertz CT molecular complexity index is 3020. The molecule has 0 N–H and O–H groups in total. The molecule has 7 aromatic rings. The lowest BCUT2D eigenvalue weighted by Crippen LogP contribution is -2.23. The van der Waals surface area contributed by atoms with Gasteiger partial charge in [0.15, 0.2) is 0 Å². The summed E-state index contributed by atoms with van der Waals surface area (Å²) in [6.45, 7) is 11.1. The second-order valence-electron chi connectivity index (χ2n) is 15.7. The van der Waals surface area contributed by atoms with Crippen LogP contribution < -0.4 is 10.4 Å². The Labute approximate surface area is 331 Å². The van der Waals surface area contributed by atoms with E-state index in [4.69, 9.17) is 0 Å². The van der Waals surface area contributed by atoms with Crippen LogP contribution in [0.1, 0.15) is 56.9 Å². The van der Waals surface area contributed by atoms with Gasteiger partial charge in [0.05, 0.1) is 0 Å². The SMILES string of the molecule is C/C=C\C1=C(C)C=C=CC(c2ccc3c(-c4ccc5c(c4)C(C)(C)c4ccccc4-5)c4ccccc4c(-c4cccc(C/C=c5/cccc/c5=C/C)c4)c3c2)=C1. The normalized spacial score (nSPS) is 15.2. The summed E-state index contributed by atoms with van der Waals surface area (Å²) >= 11 is 0. The lowest BCUT2D eigenvalue weighted by Gasteiger charge is -2.23. The van der Waals surface area contributed by atoms with E-state index in [9.17, 15) is 0 Å². The fraction of sp³-hybridized carbons (Fsp3) is 0.125. The first-order chi connectivity index (χ1) is 27.4. The highest BCUT2D eigenvalue weighted by atomic mass is 14.4. The molecule has 0 heterocycles. The van der Waals surface area contributed by atoms with Gasteiger partial charge in [-0.05, 0) is 162 Å². The Balaban J connectivity index is 1.30. The maximum absolute atomic E-state index is 3.46. The van der Waals surface area contributed by atoms with Crippen LogP contribution in [-0.2, 0) is 11.8 Å². The van der Waals surface area contributed by atoms with Crippen molar-refractivity contribution >= 4 is 39.3 Å². The summed E-state index contributed by atoms with van der Waals surface area (Å²) in [5.41, 5.74) is 19.9. The molecule has 0 unspecified atom stereocenters. The van der Waals surface area contributed by atoms with Gasteiger partial charge in [-0.2, -0.15) is 0 Å². The van der Waals surface area contributed by atoms with Gasteiger partial charge in [-0.3, -0.25) is 0 Å². The fourth-order valence-corrected chi connectivity index (χ4v) is 9.07. The van der Waals surface area contributed by atoms with E-state index in [0.29, 0.717) is 0 Å². The highest BCUT2D eigenvalue weighted by molar-refractivity contribution is 6.22. The van der Waals surface area contributed by atoms with Crippen molar-refractivity contribution in [2.45, 2.75) is 46.5 Å². The monoisotopic (exact) mass is 718 g/mol. The van der Waals surface area contributed by atoms with E-state index < -0.39 is 0 Å². The summed E-state index contributed by atoms with van der Waals surface area (Å²) in [5.74, 6) is 0. The Kier molecular flexibility index (Phi) is 9.01. The zero-order valence-electron chi connectivity index (χ0n) is 33.0. The van der Waals surface area contributed by atoms with Gasteiger partial charge >= 0.3 is 0 Å². The van der Waals surface area contributed by atoms with Crippen molar-refractivity contribution in [2.24, 2.45) is 0 Å². The summed E-state index contributed by atoms with van der Waals surface area (Å²) in [7, 11) is 0. The average Bonchev–Trinajstić information content (AvgIpc) is 3.31. The highest BCUT2D eigenvalue weighted by Crippen LogP contribution is 2.51. The molecule has 56 heavy (non-hydrogen) atoms. The summed E-state index contributed by atoms with van der Waals surface area (Å²) in [5, 5.41) is 7.58. The van der Waals surface area contributed by atoms with Crippen LogP contribution in [0.4, 0.5) is 0 Å². The zero-order valence-corrected chi connectivity index (χ0v) is 33.0. The van der Waals surface area contributed by atoms with Crippen molar-refractivity contribution in [1.82, 2.24) is 0 Å². The molecule has 0 amide bonds. The molecule has 0 saturated carbocycles. The van der Waals surface area contributed by atoms with Gasteiger partial charge in [-0.15, -0.1) is 5.73 Å². The number of fused-ring (bicyclic) bond motifs is 5. The highest BCUT2D eigenvalue weighted by Gasteiger charge is 2.35. The van der Waals surface area contributed by atoms with Gasteiger partial charge in [0.1, 0.15) is 0 Å². The van der Waals surface area contributed by atoms with E-state index in [-0.39, 0.29) is 5.41 Å². The molecule has 9 rings (SSSR count). The predicted octanol–water partition coefficient (Wildman–Crippen LogP) is 13.5. The smallest absolute Gasteiger partial charge is 0.0159 e. The first-order valence-corrected chi connectivity index (χ1v) is 19.9. The van der Waals surface area contributed by atoms with E-state index in [0.717, 1.165) is 12.0 Å². The number of rotatable bonds is 6. The number of allylic oxidation sites excluding steroid dienone is 7. The molecule has 0 atom stereocenters. The molecular weight excluding hydrogens is 673 g/mol. The van der Waals surface area contributed by atoms with Crippen molar-refractivity contribution in [1.29, 1.82) is 0 Å². The summed E-state index contributed by atoms with van der Waals surface area (Å²) in [6, 6.07) is 50.1. The third-order valence-electron chi connectivity index (χ3n) is 12.0. The Morgan fingerprint density at radius 1 is 0.571 bits per heavy atom. The molecule has 0 heteroatoms. The van der Waals surface area contributed by atoms with Gasteiger partial charge in [-0.25, -0.2) is 0 Å². The van der Waals surface area contributed by atoms with Crippen molar-refractivity contribution in [2.75, 3.05) is 0 Å². The maximum Gasteiger partial charge on any atom is 0.0159 e. The van der Waals surface area contributed by atoms with E-state index in [1.54, 1.807) is 0 Å². The number of hydrogen-bond acceptors (Lipinski definition) is 0. The molecule has 0 radical (unpaired) electrons. The number of benzene rings is 7. The molecule has 0 aliphatic heterocycles. The predicted molar refractivity (Wildman–Crippen MR) is 242 cm³/mol. The summed E-state index contributed by atoms with van der Waals surface area (Å²) in [4.78, 5) is 0. The minimum atomic E-state index is -0.0874. The molecule has 0 fully saturated rings. The Morgan fingerprint density at radius 3 is 2.05 bits per heavy atom. The molecule has 0 saturated heterocycles. The third-order valence-corrected chi connectivity index (χ3v) is 12.0. The quantitative estimate of drug-likeness (QED) is 0.119. The standard InChI is InChI=1S/C56H46/c1-6-16-41-34-42(21-14-17-37(41)3)43-29-32-50-51(35-43)55(44-22-15-18-38(33-44)27-28-40-20-9-8-19-39(40)7-2)49-25-11-10-24-48(49)54(50)45-30-31-47-46-23-12-13-26-52(46)56(4,5)53(47)36-45/h6-13,15-26,28-36H,27H2,1-5H3/b16-6-,39-7-,40-28-. The van der Waals surface area contributed by atoms with Gasteiger partial charge in [-0.1, -0.05) is 159 Å². The van der Waals surface area contributed by atoms with Crippen molar-refractivity contribution in [3.8, 4) is 33.4 Å². The van der Waals surface area contributed by atoms with E-state index >= 15 is 0 Å². The summed E-state index contributed by atoms with van der Waals surface area (Å²) in [6.07, 6.45) is 16.2. The molecule has 270 valence electrons. The maximum atomic E-state index is 3.46. The molecule has 0 spiro atoms. The molecular formula is C56H46. The van der Waals surface area contributed by atoms with Gasteiger partial charge in [0.2, 0.25) is 0 Å². The van der Waals surface area contributed by atoms with Crippen LogP contribution in [0.5, 0.6) is 0 Å². The van der Waals surface area contributed by atoms with Crippen molar-refractivity contribution < 1.29 is 0 Å². The van der Waals surface area contributed by atoms with Crippen LogP contribution in [-0.4, -0.2) is 0 Å². The van der Waals surface area contributed by atoms with Gasteiger partial charge < -0.3 is 0 Å². The molecule has 0 aromatic heterocycles. The van der Waals surface area contributed by atoms with E-state index in [1.807, 2.05) is 0 Å². The van der Waals surface area contributed by atoms with Crippen LogP contribution in [0.3, 0.4) is 0 Å². The third kappa shape index (κ3) is 6.04. The van der Waals surface area contributed by atoms with Crippen molar-refractivity contribution in [3.63, 3.8) is 0 Å². The fourth-order valence-electron chi connectivity index (χ4n) is 9.07. The van der Waals surface area contributed by atoms with E-state index in [1.165, 1.54) is 98.8 Å². The zero-order chi connectivity index (χ0) is 38.4. The largest absolute Gasteiger partial charge is 0.120 e. The van der Waals surface area contributed by atoms with Crippen LogP contribution in [0, 0.1) is 0 Å². The molecule has 0 bridgehead atoms. The number of hydrogen-bond donors (Lipinski definition) is 0. The van der Waals surface area contributed by atoms with Crippen LogP contribution >= 0.6 is 0 Å². The average molecular weight is 719 g/mol. The molecule has 0 nitrogen and oxygen atoms in total. The first kappa shape index (κ1) is 35.3. The lowest BCUT2D eigenvalue weighted by atomic mass is 9.80. The molecule has 2 aliphatic carbocycles. The second-order valence-corrected chi connectivity index (χ2v) is 15.7. The van der Waals surface area contributed by atoms with Crippen LogP contribution in [0.15, 0.2) is 181 Å². The minimum Gasteiger partial charge on any atom is -0.120 e. The van der Waals surface area contributed by atoms with Crippen LogP contribution in [0.2, 0.25) is 0 Å².